The van der Waals surface area contributed by atoms with E-state index in [0.29, 0.717) is 5.56 Å². The molecule has 1 aliphatic carbocycles. The normalized spacial score (nSPS) is 25.8. The number of nitrogens with one attached hydrogen (secondary N) is 2. The van der Waals surface area contributed by atoms with Gasteiger partial charge in [0.15, 0.2) is 0 Å². The number of carbonyl (C=O) groups is 2. The number of hydrogen-bond acceptors (Lipinski definition) is 3. The quantitative estimate of drug-likeness (QED) is 0.771. The summed E-state index contributed by atoms with van der Waals surface area (Å²) >= 11 is 0. The molecule has 1 aliphatic heterocycles. The summed E-state index contributed by atoms with van der Waals surface area (Å²) in [5.74, 6) is -0.353. The number of rotatable bonds is 1. The molecule has 20 heavy (non-hydrogen) atoms. The Hall–Kier alpha value is -2.11. The molecule has 6 nitrogen and oxygen atoms in total. The summed E-state index contributed by atoms with van der Waals surface area (Å²) in [6.45, 7) is 0.0762. The molecular weight excluding hydrogens is 258 g/mol. The summed E-state index contributed by atoms with van der Waals surface area (Å²) in [4.78, 5) is 39.7. The van der Waals surface area contributed by atoms with E-state index >= 15 is 0 Å². The van der Waals surface area contributed by atoms with Gasteiger partial charge in [-0.3, -0.25) is 14.4 Å². The Kier molecular flexibility index (Phi) is 3.30. The number of nitrogens with zero attached hydrogens (tertiary/aromatic N) is 1. The van der Waals surface area contributed by atoms with Crippen LogP contribution in [0.25, 0.3) is 0 Å². The highest BCUT2D eigenvalue weighted by atomic mass is 16.2. The van der Waals surface area contributed by atoms with Crippen LogP contribution in [0.5, 0.6) is 0 Å². The van der Waals surface area contributed by atoms with Gasteiger partial charge < -0.3 is 15.2 Å². The van der Waals surface area contributed by atoms with Gasteiger partial charge in [0.2, 0.25) is 11.5 Å². The van der Waals surface area contributed by atoms with Gasteiger partial charge in [0.05, 0.1) is 6.04 Å². The van der Waals surface area contributed by atoms with Crippen LogP contribution in [0.2, 0.25) is 0 Å². The molecule has 3 rings (SSSR count). The van der Waals surface area contributed by atoms with Crippen molar-refractivity contribution >= 4 is 11.8 Å². The smallest absolute Gasteiger partial charge is 0.254 e. The molecule has 0 unspecified atom stereocenters. The third-order valence-corrected chi connectivity index (χ3v) is 4.07. The lowest BCUT2D eigenvalue weighted by atomic mass is 9.87. The van der Waals surface area contributed by atoms with Gasteiger partial charge in [0.25, 0.3) is 5.91 Å². The standard InChI is InChI=1S/C14H17N3O3/c18-12-7-9(5-6-15-12)14(20)17-8-13(19)16-10-3-1-2-4-11(10)17/h5-7,10-11H,1-4,8H2,(H,15,18)(H,16,19)/t10-,11-/m0/s1. The minimum absolute atomic E-state index is 0.0493. The Morgan fingerprint density at radius 2 is 2.05 bits per heavy atom. The number of hydrogen-bond donors (Lipinski definition) is 2. The lowest BCUT2D eigenvalue weighted by Gasteiger charge is -2.43. The molecule has 6 heteroatoms. The molecule has 2 amide bonds. The van der Waals surface area contributed by atoms with Crippen molar-refractivity contribution in [2.75, 3.05) is 6.54 Å². The zero-order valence-corrected chi connectivity index (χ0v) is 11.1. The topological polar surface area (TPSA) is 82.3 Å². The van der Waals surface area contributed by atoms with E-state index in [0.717, 1.165) is 25.7 Å². The first-order valence-corrected chi connectivity index (χ1v) is 6.94. The second-order valence-corrected chi connectivity index (χ2v) is 5.40. The molecule has 0 radical (unpaired) electrons. The number of aromatic amines is 1. The fourth-order valence-corrected chi connectivity index (χ4v) is 3.14. The number of H-pyrrole nitrogens is 1. The lowest BCUT2D eigenvalue weighted by molar-refractivity contribution is -0.127. The molecule has 1 saturated heterocycles. The highest BCUT2D eigenvalue weighted by Gasteiger charge is 2.38. The van der Waals surface area contributed by atoms with Crippen LogP contribution in [-0.2, 0) is 4.79 Å². The minimum Gasteiger partial charge on any atom is -0.350 e. The van der Waals surface area contributed by atoms with Gasteiger partial charge in [-0.05, 0) is 18.9 Å². The Morgan fingerprint density at radius 3 is 2.85 bits per heavy atom. The van der Waals surface area contributed by atoms with Gasteiger partial charge in [0.1, 0.15) is 6.54 Å². The number of aromatic nitrogens is 1. The monoisotopic (exact) mass is 275 g/mol. The minimum atomic E-state index is -0.308. The molecule has 1 aromatic heterocycles. The number of fused-ring (bicyclic) bond motifs is 1. The van der Waals surface area contributed by atoms with Crippen LogP contribution >= 0.6 is 0 Å². The first-order chi connectivity index (χ1) is 9.65. The zero-order valence-electron chi connectivity index (χ0n) is 11.1. The second-order valence-electron chi connectivity index (χ2n) is 5.40. The number of carbonyl (C=O) groups excluding carboxylic acids is 2. The highest BCUT2D eigenvalue weighted by molar-refractivity contribution is 5.97. The summed E-state index contributed by atoms with van der Waals surface area (Å²) in [6, 6.07) is 2.96. The van der Waals surface area contributed by atoms with Crippen LogP contribution in [0.15, 0.2) is 23.1 Å². The predicted molar refractivity (Wildman–Crippen MR) is 72.3 cm³/mol. The van der Waals surface area contributed by atoms with Crippen LogP contribution in [0.1, 0.15) is 36.0 Å². The van der Waals surface area contributed by atoms with Gasteiger partial charge in [-0.2, -0.15) is 0 Å². The Labute approximate surface area is 116 Å². The Morgan fingerprint density at radius 1 is 1.25 bits per heavy atom. The maximum Gasteiger partial charge on any atom is 0.254 e. The summed E-state index contributed by atoms with van der Waals surface area (Å²) in [5.41, 5.74) is 0.0327. The van der Waals surface area contributed by atoms with Crippen molar-refractivity contribution < 1.29 is 9.59 Å². The second kappa shape index (κ2) is 5.11. The van der Waals surface area contributed by atoms with Crippen molar-refractivity contribution in [3.05, 3.63) is 34.2 Å². The number of amides is 2. The van der Waals surface area contributed by atoms with E-state index in [-0.39, 0.29) is 36.0 Å². The average molecular weight is 275 g/mol. The summed E-state index contributed by atoms with van der Waals surface area (Å²) in [6.07, 6.45) is 5.41. The molecule has 2 heterocycles. The molecule has 2 fully saturated rings. The summed E-state index contributed by atoms with van der Waals surface area (Å²) in [7, 11) is 0. The van der Waals surface area contributed by atoms with E-state index in [1.165, 1.54) is 12.3 Å². The van der Waals surface area contributed by atoms with Gasteiger partial charge >= 0.3 is 0 Å². The fraction of sp³-hybridized carbons (Fsp3) is 0.500. The van der Waals surface area contributed by atoms with E-state index < -0.39 is 0 Å². The summed E-state index contributed by atoms with van der Waals surface area (Å²) in [5, 5.41) is 2.97. The molecule has 0 aromatic carbocycles. The molecule has 2 atom stereocenters. The van der Waals surface area contributed by atoms with Crippen molar-refractivity contribution in [2.45, 2.75) is 37.8 Å². The van der Waals surface area contributed by atoms with E-state index in [4.69, 9.17) is 0 Å². The molecule has 0 spiro atoms. The van der Waals surface area contributed by atoms with Crippen LogP contribution in [-0.4, -0.2) is 40.3 Å². The third kappa shape index (κ3) is 2.33. The summed E-state index contributed by atoms with van der Waals surface area (Å²) < 4.78 is 0. The van der Waals surface area contributed by atoms with Gasteiger partial charge in [0, 0.05) is 23.9 Å². The van der Waals surface area contributed by atoms with Gasteiger partial charge in [-0.25, -0.2) is 0 Å². The Bertz CT molecular complexity index is 595. The SMILES string of the molecule is O=C1CN(C(=O)c2cc[nH]c(=O)c2)[C@H]2CCCC[C@@H]2N1. The van der Waals surface area contributed by atoms with Crippen molar-refractivity contribution in [3.63, 3.8) is 0 Å². The van der Waals surface area contributed by atoms with Gasteiger partial charge in [-0.1, -0.05) is 12.8 Å². The van der Waals surface area contributed by atoms with Crippen LogP contribution in [0, 0.1) is 0 Å². The number of pyridine rings is 1. The van der Waals surface area contributed by atoms with Crippen molar-refractivity contribution in [3.8, 4) is 0 Å². The van der Waals surface area contributed by atoms with E-state index in [1.807, 2.05) is 0 Å². The van der Waals surface area contributed by atoms with Crippen molar-refractivity contribution in [1.29, 1.82) is 0 Å². The fourth-order valence-electron chi connectivity index (χ4n) is 3.14. The maximum atomic E-state index is 12.5. The maximum absolute atomic E-state index is 12.5. The molecule has 2 aliphatic rings. The zero-order chi connectivity index (χ0) is 14.1. The number of piperazine rings is 1. The Balaban J connectivity index is 1.88. The van der Waals surface area contributed by atoms with Gasteiger partial charge in [-0.15, -0.1) is 0 Å². The molecule has 1 saturated carbocycles. The average Bonchev–Trinajstić information content (AvgIpc) is 2.45. The van der Waals surface area contributed by atoms with E-state index in [9.17, 15) is 14.4 Å². The molecular formula is C14H17N3O3. The first-order valence-electron chi connectivity index (χ1n) is 6.94. The van der Waals surface area contributed by atoms with Crippen LogP contribution in [0.3, 0.4) is 0 Å². The highest BCUT2D eigenvalue weighted by Crippen LogP contribution is 2.26. The van der Waals surface area contributed by atoms with Crippen LogP contribution in [0.4, 0.5) is 0 Å². The molecule has 106 valence electrons. The lowest BCUT2D eigenvalue weighted by Crippen LogP contribution is -2.62. The van der Waals surface area contributed by atoms with Crippen molar-refractivity contribution in [1.82, 2.24) is 15.2 Å². The molecule has 1 aromatic rings. The van der Waals surface area contributed by atoms with Crippen molar-refractivity contribution in [2.24, 2.45) is 0 Å². The van der Waals surface area contributed by atoms with Crippen LogP contribution < -0.4 is 10.9 Å². The third-order valence-electron chi connectivity index (χ3n) is 4.07. The molecule has 0 bridgehead atoms. The predicted octanol–water partition coefficient (Wildman–Crippen LogP) is 0.258. The van der Waals surface area contributed by atoms with E-state index in [2.05, 4.69) is 10.3 Å². The van der Waals surface area contributed by atoms with E-state index in [1.54, 1.807) is 11.0 Å². The largest absolute Gasteiger partial charge is 0.350 e. The first kappa shape index (κ1) is 12.9. The molecule has 2 N–H and O–H groups in total.